The summed E-state index contributed by atoms with van der Waals surface area (Å²) in [5, 5.41) is 26.3. The predicted octanol–water partition coefficient (Wildman–Crippen LogP) is -0.753. The molecule has 0 saturated carbocycles. The van der Waals surface area contributed by atoms with E-state index in [1.807, 2.05) is 13.8 Å². The van der Waals surface area contributed by atoms with Crippen molar-refractivity contribution in [2.45, 2.75) is 26.3 Å². The van der Waals surface area contributed by atoms with E-state index in [4.69, 9.17) is 15.3 Å². The zero-order chi connectivity index (χ0) is 15.3. The van der Waals surface area contributed by atoms with Gasteiger partial charge in [0.05, 0.1) is 26.7 Å². The number of aliphatic hydroxyl groups excluding tert-OH is 2. The van der Waals surface area contributed by atoms with Crippen LogP contribution in [-0.2, 0) is 19.4 Å². The third-order valence-electron chi connectivity index (χ3n) is 2.02. The number of hydrogen-bond acceptors (Lipinski definition) is 7. The van der Waals surface area contributed by atoms with Crippen LogP contribution in [0.5, 0.6) is 0 Å². The van der Waals surface area contributed by atoms with Crippen LogP contribution in [0.4, 0.5) is 0 Å². The Balaban J connectivity index is 0. The number of nitrogens with zero attached hydrogens (tertiary/aromatic N) is 1. The molecule has 1 unspecified atom stereocenters. The first-order valence-corrected chi connectivity index (χ1v) is 5.98. The predicted molar refractivity (Wildman–Crippen MR) is 66.2 cm³/mol. The highest BCUT2D eigenvalue weighted by atomic mass is 17.2. The molecule has 0 amide bonds. The topological polar surface area (TPSA) is 117 Å². The number of carbonyl (C=O) groups excluding carboxylic acids is 1. The fraction of sp³-hybridized carbons (Fsp3) is 0.818. The third-order valence-corrected chi connectivity index (χ3v) is 2.02. The number of carboxylic acids is 1. The zero-order valence-electron chi connectivity index (χ0n) is 11.5. The molecule has 0 aliphatic heterocycles. The lowest BCUT2D eigenvalue weighted by Gasteiger charge is -2.26. The lowest BCUT2D eigenvalue weighted by Crippen LogP contribution is -2.46. The van der Waals surface area contributed by atoms with Gasteiger partial charge < -0.3 is 15.3 Å². The molecule has 3 N–H and O–H groups in total. The van der Waals surface area contributed by atoms with Crippen molar-refractivity contribution in [2.75, 3.05) is 33.4 Å². The summed E-state index contributed by atoms with van der Waals surface area (Å²) in [6.07, 6.45) is -0.498. The van der Waals surface area contributed by atoms with Crippen LogP contribution in [0.15, 0.2) is 0 Å². The van der Waals surface area contributed by atoms with Crippen LogP contribution in [0.3, 0.4) is 0 Å². The van der Waals surface area contributed by atoms with Crippen LogP contribution in [0, 0.1) is 0 Å². The standard InChI is InChI=1S/C9H17NO7.C2H6/c1-16-17-9(15)7(6-8(13)14)10(2-4-11)3-5-12;1-2/h7,11-12H,2-6H2,1H3,(H,13,14);1-2H3. The lowest BCUT2D eigenvalue weighted by molar-refractivity contribution is -0.260. The maximum Gasteiger partial charge on any atom is 0.359 e. The summed E-state index contributed by atoms with van der Waals surface area (Å²) in [5.41, 5.74) is 0. The van der Waals surface area contributed by atoms with Crippen molar-refractivity contribution >= 4 is 11.9 Å². The van der Waals surface area contributed by atoms with Crippen molar-refractivity contribution in [1.29, 1.82) is 0 Å². The molecular weight excluding hydrogens is 258 g/mol. The molecule has 19 heavy (non-hydrogen) atoms. The van der Waals surface area contributed by atoms with Crippen molar-refractivity contribution in [3.63, 3.8) is 0 Å². The third kappa shape index (κ3) is 9.37. The molecule has 0 spiro atoms. The fourth-order valence-electron chi connectivity index (χ4n) is 1.34. The molecule has 8 nitrogen and oxygen atoms in total. The summed E-state index contributed by atoms with van der Waals surface area (Å²) in [5.74, 6) is -2.07. The van der Waals surface area contributed by atoms with E-state index < -0.39 is 24.4 Å². The van der Waals surface area contributed by atoms with Crippen LogP contribution >= 0.6 is 0 Å². The van der Waals surface area contributed by atoms with Gasteiger partial charge in [0, 0.05) is 13.1 Å². The molecule has 8 heteroatoms. The highest BCUT2D eigenvalue weighted by Gasteiger charge is 2.30. The molecule has 114 valence electrons. The normalized spacial score (nSPS) is 11.5. The average Bonchev–Trinajstić information content (AvgIpc) is 2.38. The summed E-state index contributed by atoms with van der Waals surface area (Å²) in [7, 11) is 1.12. The van der Waals surface area contributed by atoms with Gasteiger partial charge in [-0.15, -0.1) is 0 Å². The molecule has 0 saturated heterocycles. The minimum absolute atomic E-state index is 0.0529. The number of rotatable bonds is 9. The quantitative estimate of drug-likeness (QED) is 0.373. The Morgan fingerprint density at radius 2 is 1.63 bits per heavy atom. The molecule has 0 aromatic rings. The summed E-state index contributed by atoms with van der Waals surface area (Å²) in [4.78, 5) is 31.9. The van der Waals surface area contributed by atoms with E-state index in [1.54, 1.807) is 0 Å². The van der Waals surface area contributed by atoms with E-state index in [2.05, 4.69) is 9.78 Å². The summed E-state index contributed by atoms with van der Waals surface area (Å²) in [6.45, 7) is 3.57. The Labute approximate surface area is 112 Å². The molecule has 1 atom stereocenters. The van der Waals surface area contributed by atoms with Gasteiger partial charge in [-0.2, -0.15) is 4.89 Å². The monoisotopic (exact) mass is 281 g/mol. The van der Waals surface area contributed by atoms with Gasteiger partial charge in [0.25, 0.3) is 0 Å². The van der Waals surface area contributed by atoms with Gasteiger partial charge >= 0.3 is 11.9 Å². The van der Waals surface area contributed by atoms with Gasteiger partial charge in [-0.3, -0.25) is 14.6 Å². The maximum absolute atomic E-state index is 11.5. The van der Waals surface area contributed by atoms with Gasteiger partial charge in [0.2, 0.25) is 0 Å². The second-order valence-corrected chi connectivity index (χ2v) is 3.17. The molecule has 0 aliphatic carbocycles. The van der Waals surface area contributed by atoms with Crippen LogP contribution in [-0.4, -0.2) is 71.6 Å². The minimum atomic E-state index is -1.19. The molecule has 0 aromatic heterocycles. The first-order chi connectivity index (χ1) is 9.06. The SMILES string of the molecule is CC.COOC(=O)C(CC(=O)O)N(CCO)CCO. The van der Waals surface area contributed by atoms with E-state index in [-0.39, 0.29) is 26.3 Å². The van der Waals surface area contributed by atoms with Crippen LogP contribution in [0.25, 0.3) is 0 Å². The smallest absolute Gasteiger partial charge is 0.359 e. The second-order valence-electron chi connectivity index (χ2n) is 3.17. The highest BCUT2D eigenvalue weighted by molar-refractivity contribution is 5.81. The highest BCUT2D eigenvalue weighted by Crippen LogP contribution is 2.07. The summed E-state index contributed by atoms with van der Waals surface area (Å²) < 4.78 is 0. The average molecular weight is 281 g/mol. The van der Waals surface area contributed by atoms with E-state index in [9.17, 15) is 9.59 Å². The van der Waals surface area contributed by atoms with E-state index in [0.29, 0.717) is 0 Å². The van der Waals surface area contributed by atoms with Crippen LogP contribution < -0.4 is 0 Å². The number of aliphatic carboxylic acids is 1. The van der Waals surface area contributed by atoms with Gasteiger partial charge in [-0.1, -0.05) is 13.8 Å². The molecule has 0 radical (unpaired) electrons. The number of hydrogen-bond donors (Lipinski definition) is 3. The summed E-state index contributed by atoms with van der Waals surface area (Å²) >= 11 is 0. The van der Waals surface area contributed by atoms with Crippen molar-refractivity contribution < 1.29 is 34.7 Å². The maximum atomic E-state index is 11.5. The Hall–Kier alpha value is -1.22. The van der Waals surface area contributed by atoms with Gasteiger partial charge in [0.1, 0.15) is 6.04 Å². The first-order valence-electron chi connectivity index (χ1n) is 5.98. The van der Waals surface area contributed by atoms with Gasteiger partial charge in [-0.25, -0.2) is 4.79 Å². The first kappa shape index (κ1) is 20.1. The Kier molecular flexibility index (Phi) is 14.0. The molecule has 0 bridgehead atoms. The largest absolute Gasteiger partial charge is 0.481 e. The zero-order valence-corrected chi connectivity index (χ0v) is 11.5. The molecule has 0 aliphatic rings. The Bertz CT molecular complexity index is 241. The van der Waals surface area contributed by atoms with Crippen molar-refractivity contribution in [2.24, 2.45) is 0 Å². The minimum Gasteiger partial charge on any atom is -0.481 e. The number of carbonyl (C=O) groups is 2. The second kappa shape index (κ2) is 13.2. The van der Waals surface area contributed by atoms with Crippen molar-refractivity contribution in [1.82, 2.24) is 4.90 Å². The molecule has 0 heterocycles. The van der Waals surface area contributed by atoms with Crippen molar-refractivity contribution in [3.8, 4) is 0 Å². The van der Waals surface area contributed by atoms with Crippen LogP contribution in [0.2, 0.25) is 0 Å². The molecule has 0 rings (SSSR count). The molecule has 0 aromatic carbocycles. The van der Waals surface area contributed by atoms with Crippen LogP contribution in [0.1, 0.15) is 20.3 Å². The molecule has 0 fully saturated rings. The number of carboxylic acid groups (broad SMARTS) is 1. The van der Waals surface area contributed by atoms with E-state index in [1.165, 1.54) is 4.90 Å². The Morgan fingerprint density at radius 3 is 1.95 bits per heavy atom. The number of aliphatic hydroxyl groups is 2. The van der Waals surface area contributed by atoms with E-state index in [0.717, 1.165) is 7.11 Å². The van der Waals surface area contributed by atoms with Gasteiger partial charge in [0.15, 0.2) is 0 Å². The summed E-state index contributed by atoms with van der Waals surface area (Å²) in [6, 6.07) is -1.10. The van der Waals surface area contributed by atoms with Crippen molar-refractivity contribution in [3.05, 3.63) is 0 Å². The lowest BCUT2D eigenvalue weighted by atomic mass is 10.1. The fourth-order valence-corrected chi connectivity index (χ4v) is 1.34. The Morgan fingerprint density at radius 1 is 1.16 bits per heavy atom. The van der Waals surface area contributed by atoms with E-state index >= 15 is 0 Å². The van der Waals surface area contributed by atoms with Gasteiger partial charge in [-0.05, 0) is 0 Å². The molecular formula is C11H23NO7.